The molecule has 162 valence electrons. The second kappa shape index (κ2) is 8.99. The summed E-state index contributed by atoms with van der Waals surface area (Å²) in [6.07, 6.45) is 2.95. The Balaban J connectivity index is 1.26. The minimum atomic E-state index is -0.165. The number of anilines is 1. The number of amides is 1. The van der Waals surface area contributed by atoms with Crippen LogP contribution >= 0.6 is 0 Å². The van der Waals surface area contributed by atoms with E-state index in [1.807, 2.05) is 12.1 Å². The van der Waals surface area contributed by atoms with E-state index in [9.17, 15) is 4.79 Å². The van der Waals surface area contributed by atoms with Crippen molar-refractivity contribution in [2.45, 2.75) is 13.0 Å². The predicted molar refractivity (Wildman–Crippen MR) is 119 cm³/mol. The van der Waals surface area contributed by atoms with Crippen molar-refractivity contribution in [1.29, 1.82) is 0 Å². The third-order valence-electron chi connectivity index (χ3n) is 5.80. The molecule has 1 N–H and O–H groups in total. The third-order valence-corrected chi connectivity index (χ3v) is 5.80. The van der Waals surface area contributed by atoms with E-state index < -0.39 is 0 Å². The maximum Gasteiger partial charge on any atom is 0.255 e. The standard InChI is InChI=1S/C24H27N3O4/c28-24(19-2-5-22-23(17-19)31-13-1-12-30-22)25-20-3-4-21-18(16-20)6-7-27(21)9-8-26-10-14-29-15-11-26/h2-7,16-17H,1,8-15H2,(H,25,28). The first-order chi connectivity index (χ1) is 15.3. The first-order valence-electron chi connectivity index (χ1n) is 10.9. The summed E-state index contributed by atoms with van der Waals surface area (Å²) < 4.78 is 19.0. The highest BCUT2D eigenvalue weighted by atomic mass is 16.5. The van der Waals surface area contributed by atoms with Gasteiger partial charge >= 0.3 is 0 Å². The Bertz CT molecular complexity index is 1070. The molecule has 3 heterocycles. The molecule has 1 amide bonds. The van der Waals surface area contributed by atoms with E-state index in [1.165, 1.54) is 5.52 Å². The Morgan fingerprint density at radius 2 is 1.74 bits per heavy atom. The maximum absolute atomic E-state index is 12.8. The molecular weight excluding hydrogens is 394 g/mol. The Kier molecular flexibility index (Phi) is 5.78. The zero-order valence-corrected chi connectivity index (χ0v) is 17.5. The van der Waals surface area contributed by atoms with Gasteiger partial charge in [-0.05, 0) is 42.5 Å². The summed E-state index contributed by atoms with van der Waals surface area (Å²) in [6, 6.07) is 13.4. The van der Waals surface area contributed by atoms with E-state index in [-0.39, 0.29) is 5.91 Å². The number of nitrogens with zero attached hydrogens (tertiary/aromatic N) is 2. The molecule has 7 heteroatoms. The van der Waals surface area contributed by atoms with Gasteiger partial charge in [0.1, 0.15) is 0 Å². The first-order valence-corrected chi connectivity index (χ1v) is 10.9. The fourth-order valence-electron chi connectivity index (χ4n) is 4.05. The van der Waals surface area contributed by atoms with Crippen molar-refractivity contribution in [2.75, 3.05) is 51.4 Å². The summed E-state index contributed by atoms with van der Waals surface area (Å²) in [5, 5.41) is 4.11. The van der Waals surface area contributed by atoms with E-state index >= 15 is 0 Å². The summed E-state index contributed by atoms with van der Waals surface area (Å²) in [4.78, 5) is 15.2. The lowest BCUT2D eigenvalue weighted by atomic mass is 10.1. The zero-order chi connectivity index (χ0) is 21.0. The molecule has 3 aromatic rings. The molecule has 0 atom stereocenters. The molecule has 2 aliphatic heterocycles. The van der Waals surface area contributed by atoms with Gasteiger partial charge in [0, 0.05) is 61.0 Å². The normalized spacial score (nSPS) is 16.8. The molecule has 1 aromatic heterocycles. The number of hydrogen-bond acceptors (Lipinski definition) is 5. The van der Waals surface area contributed by atoms with Crippen molar-refractivity contribution >= 4 is 22.5 Å². The van der Waals surface area contributed by atoms with Crippen molar-refractivity contribution < 1.29 is 19.0 Å². The van der Waals surface area contributed by atoms with Crippen LogP contribution < -0.4 is 14.8 Å². The maximum atomic E-state index is 12.8. The van der Waals surface area contributed by atoms with Gasteiger partial charge < -0.3 is 24.1 Å². The van der Waals surface area contributed by atoms with Gasteiger partial charge in [-0.25, -0.2) is 0 Å². The lowest BCUT2D eigenvalue weighted by Gasteiger charge is -2.26. The van der Waals surface area contributed by atoms with E-state index in [4.69, 9.17) is 14.2 Å². The average Bonchev–Trinajstić information content (AvgIpc) is 3.05. The molecule has 1 fully saturated rings. The highest BCUT2D eigenvalue weighted by Gasteiger charge is 2.15. The quantitative estimate of drug-likeness (QED) is 0.684. The van der Waals surface area contributed by atoms with Gasteiger partial charge in [0.2, 0.25) is 0 Å². The van der Waals surface area contributed by atoms with E-state index in [0.717, 1.165) is 56.9 Å². The number of carbonyl (C=O) groups is 1. The number of morpholine rings is 1. The molecule has 5 rings (SSSR count). The Morgan fingerprint density at radius 1 is 0.903 bits per heavy atom. The smallest absolute Gasteiger partial charge is 0.255 e. The summed E-state index contributed by atoms with van der Waals surface area (Å²) >= 11 is 0. The van der Waals surface area contributed by atoms with Crippen molar-refractivity contribution in [3.63, 3.8) is 0 Å². The molecule has 0 spiro atoms. The molecule has 31 heavy (non-hydrogen) atoms. The summed E-state index contributed by atoms with van der Waals surface area (Å²) in [6.45, 7) is 6.80. The van der Waals surface area contributed by atoms with Crippen LogP contribution in [0.2, 0.25) is 0 Å². The number of nitrogens with one attached hydrogen (secondary N) is 1. The third kappa shape index (κ3) is 4.52. The number of hydrogen-bond donors (Lipinski definition) is 1. The fourth-order valence-corrected chi connectivity index (χ4v) is 4.05. The SMILES string of the molecule is O=C(Nc1ccc2c(ccn2CCN2CCOCC2)c1)c1ccc2c(c1)OCCCO2. The minimum Gasteiger partial charge on any atom is -0.490 e. The van der Waals surface area contributed by atoms with Gasteiger partial charge in [-0.15, -0.1) is 0 Å². The zero-order valence-electron chi connectivity index (χ0n) is 17.5. The summed E-state index contributed by atoms with van der Waals surface area (Å²) in [5.41, 5.74) is 2.49. The van der Waals surface area contributed by atoms with Crippen molar-refractivity contribution in [3.8, 4) is 11.5 Å². The van der Waals surface area contributed by atoms with Crippen molar-refractivity contribution in [3.05, 3.63) is 54.2 Å². The molecule has 0 unspecified atom stereocenters. The van der Waals surface area contributed by atoms with Crippen LogP contribution in [0, 0.1) is 0 Å². The topological polar surface area (TPSA) is 65.0 Å². The molecule has 0 bridgehead atoms. The number of benzene rings is 2. The number of carbonyl (C=O) groups excluding carboxylic acids is 1. The van der Waals surface area contributed by atoms with Crippen LogP contribution in [0.25, 0.3) is 10.9 Å². The molecule has 0 saturated carbocycles. The second-order valence-corrected chi connectivity index (χ2v) is 7.90. The number of aromatic nitrogens is 1. The molecule has 7 nitrogen and oxygen atoms in total. The lowest BCUT2D eigenvalue weighted by molar-refractivity contribution is 0.0365. The fraction of sp³-hybridized carbons (Fsp3) is 0.375. The summed E-state index contributed by atoms with van der Waals surface area (Å²) in [5.74, 6) is 1.15. The minimum absolute atomic E-state index is 0.165. The van der Waals surface area contributed by atoms with Crippen molar-refractivity contribution in [2.24, 2.45) is 0 Å². The van der Waals surface area contributed by atoms with Crippen LogP contribution in [0.3, 0.4) is 0 Å². The van der Waals surface area contributed by atoms with E-state index in [2.05, 4.69) is 33.1 Å². The van der Waals surface area contributed by atoms with Crippen LogP contribution in [-0.2, 0) is 11.3 Å². The molecular formula is C24H27N3O4. The highest BCUT2D eigenvalue weighted by molar-refractivity contribution is 6.05. The van der Waals surface area contributed by atoms with Crippen LogP contribution in [0.4, 0.5) is 5.69 Å². The molecule has 2 aliphatic rings. The van der Waals surface area contributed by atoms with Gasteiger partial charge in [-0.1, -0.05) is 0 Å². The van der Waals surface area contributed by atoms with E-state index in [0.29, 0.717) is 30.3 Å². The van der Waals surface area contributed by atoms with Gasteiger partial charge in [0.15, 0.2) is 11.5 Å². The lowest BCUT2D eigenvalue weighted by Crippen LogP contribution is -2.38. The Hall–Kier alpha value is -3.03. The average molecular weight is 421 g/mol. The first kappa shape index (κ1) is 19.9. The van der Waals surface area contributed by atoms with Crippen LogP contribution in [0.5, 0.6) is 11.5 Å². The molecule has 1 saturated heterocycles. The van der Waals surface area contributed by atoms with Crippen LogP contribution in [0.1, 0.15) is 16.8 Å². The second-order valence-electron chi connectivity index (χ2n) is 7.90. The largest absolute Gasteiger partial charge is 0.490 e. The van der Waals surface area contributed by atoms with E-state index in [1.54, 1.807) is 18.2 Å². The Labute approximate surface area is 181 Å². The predicted octanol–water partition coefficient (Wildman–Crippen LogP) is 3.39. The monoisotopic (exact) mass is 421 g/mol. The molecule has 0 aliphatic carbocycles. The van der Waals surface area contributed by atoms with Gasteiger partial charge in [0.05, 0.1) is 26.4 Å². The highest BCUT2D eigenvalue weighted by Crippen LogP contribution is 2.31. The number of fused-ring (bicyclic) bond motifs is 2. The molecule has 0 radical (unpaired) electrons. The summed E-state index contributed by atoms with van der Waals surface area (Å²) in [7, 11) is 0. The van der Waals surface area contributed by atoms with Gasteiger partial charge in [0.25, 0.3) is 5.91 Å². The van der Waals surface area contributed by atoms with Crippen LogP contribution in [0.15, 0.2) is 48.7 Å². The number of rotatable bonds is 5. The van der Waals surface area contributed by atoms with Gasteiger partial charge in [-0.3, -0.25) is 9.69 Å². The van der Waals surface area contributed by atoms with Crippen LogP contribution in [-0.4, -0.2) is 61.4 Å². The number of ether oxygens (including phenoxy) is 3. The Morgan fingerprint density at radius 3 is 2.61 bits per heavy atom. The van der Waals surface area contributed by atoms with Crippen molar-refractivity contribution in [1.82, 2.24) is 9.47 Å². The van der Waals surface area contributed by atoms with Gasteiger partial charge in [-0.2, -0.15) is 0 Å². The molecule has 2 aromatic carbocycles.